The Morgan fingerprint density at radius 2 is 1.89 bits per heavy atom. The number of rotatable bonds is 9. The van der Waals surface area contributed by atoms with Gasteiger partial charge in [0.1, 0.15) is 0 Å². The predicted octanol–water partition coefficient (Wildman–Crippen LogP) is 3.42. The maximum absolute atomic E-state index is 13.0. The van der Waals surface area contributed by atoms with Crippen LogP contribution in [0.1, 0.15) is 12.0 Å². The molecule has 0 fully saturated rings. The third-order valence-electron chi connectivity index (χ3n) is 4.29. The van der Waals surface area contributed by atoms with Gasteiger partial charge in [-0.15, -0.1) is 6.58 Å². The number of nitrogens with zero attached hydrogens (tertiary/aromatic N) is 2. The smallest absolute Gasteiger partial charge is 0.262 e. The van der Waals surface area contributed by atoms with E-state index in [1.54, 1.807) is 16.7 Å². The topological polar surface area (TPSA) is 64.0 Å². The number of aromatic nitrogens is 2. The van der Waals surface area contributed by atoms with Gasteiger partial charge in [-0.2, -0.15) is 0 Å². The monoisotopic (exact) mass is 393 g/mol. The molecule has 1 amide bonds. The van der Waals surface area contributed by atoms with Gasteiger partial charge < -0.3 is 5.32 Å². The number of hydrogen-bond acceptors (Lipinski definition) is 4. The third-order valence-corrected chi connectivity index (χ3v) is 5.27. The van der Waals surface area contributed by atoms with Gasteiger partial charge >= 0.3 is 0 Å². The van der Waals surface area contributed by atoms with E-state index >= 15 is 0 Å². The van der Waals surface area contributed by atoms with E-state index in [4.69, 9.17) is 0 Å². The van der Waals surface area contributed by atoms with Crippen LogP contribution in [0.2, 0.25) is 0 Å². The van der Waals surface area contributed by atoms with Gasteiger partial charge in [0, 0.05) is 13.1 Å². The highest BCUT2D eigenvalue weighted by molar-refractivity contribution is 7.99. The molecule has 0 atom stereocenters. The van der Waals surface area contributed by atoms with Gasteiger partial charge in [0.05, 0.1) is 16.7 Å². The second-order valence-corrected chi connectivity index (χ2v) is 7.28. The van der Waals surface area contributed by atoms with Gasteiger partial charge in [-0.1, -0.05) is 60.3 Å². The molecule has 6 heteroatoms. The molecule has 0 bridgehead atoms. The molecule has 3 aromatic rings. The largest absolute Gasteiger partial charge is 0.352 e. The normalized spacial score (nSPS) is 10.7. The number of amides is 1. The summed E-state index contributed by atoms with van der Waals surface area (Å²) in [6.07, 6.45) is 3.33. The van der Waals surface area contributed by atoms with Crippen LogP contribution in [0.15, 0.2) is 77.2 Å². The first-order valence-corrected chi connectivity index (χ1v) is 10.2. The average Bonchev–Trinajstić information content (AvgIpc) is 2.73. The number of para-hydroxylation sites is 1. The SMILES string of the molecule is C=CCNC(=O)CSc1nc2ccccc2c(=O)n1CCCc1ccccc1. The van der Waals surface area contributed by atoms with Crippen molar-refractivity contribution in [2.24, 2.45) is 0 Å². The van der Waals surface area contributed by atoms with Gasteiger partial charge in [-0.05, 0) is 30.5 Å². The zero-order valence-electron chi connectivity index (χ0n) is 15.6. The summed E-state index contributed by atoms with van der Waals surface area (Å²) in [5.74, 6) is 0.0975. The summed E-state index contributed by atoms with van der Waals surface area (Å²) >= 11 is 1.29. The number of hydrogen-bond donors (Lipinski definition) is 1. The Hall–Kier alpha value is -2.86. The molecule has 0 aliphatic carbocycles. The molecule has 2 aromatic carbocycles. The first-order chi connectivity index (χ1) is 13.7. The van der Waals surface area contributed by atoms with Gasteiger partial charge in [-0.3, -0.25) is 14.2 Å². The lowest BCUT2D eigenvalue weighted by atomic mass is 10.1. The van der Waals surface area contributed by atoms with Gasteiger partial charge in [0.25, 0.3) is 5.56 Å². The first kappa shape index (κ1) is 19.9. The molecule has 0 spiro atoms. The van der Waals surface area contributed by atoms with E-state index in [2.05, 4.69) is 29.0 Å². The lowest BCUT2D eigenvalue weighted by Crippen LogP contribution is -2.27. The molecule has 144 valence electrons. The van der Waals surface area contributed by atoms with Crippen molar-refractivity contribution in [2.75, 3.05) is 12.3 Å². The minimum Gasteiger partial charge on any atom is -0.352 e. The maximum Gasteiger partial charge on any atom is 0.262 e. The molecule has 0 unspecified atom stereocenters. The highest BCUT2D eigenvalue weighted by Gasteiger charge is 2.13. The van der Waals surface area contributed by atoms with Crippen LogP contribution in [0, 0.1) is 0 Å². The number of nitrogens with one attached hydrogen (secondary N) is 1. The summed E-state index contributed by atoms with van der Waals surface area (Å²) in [4.78, 5) is 29.6. The quantitative estimate of drug-likeness (QED) is 0.344. The maximum atomic E-state index is 13.0. The van der Waals surface area contributed by atoms with Crippen LogP contribution in [0.25, 0.3) is 10.9 Å². The van der Waals surface area contributed by atoms with E-state index in [-0.39, 0.29) is 17.2 Å². The minimum absolute atomic E-state index is 0.0624. The van der Waals surface area contributed by atoms with Crippen molar-refractivity contribution in [3.8, 4) is 0 Å². The molecule has 0 aliphatic heterocycles. The summed E-state index contributed by atoms with van der Waals surface area (Å²) in [7, 11) is 0. The van der Waals surface area contributed by atoms with Crippen LogP contribution in [0.5, 0.6) is 0 Å². The summed E-state index contributed by atoms with van der Waals surface area (Å²) in [5, 5.41) is 3.92. The number of benzene rings is 2. The summed E-state index contributed by atoms with van der Waals surface area (Å²) in [6, 6.07) is 17.5. The predicted molar refractivity (Wildman–Crippen MR) is 115 cm³/mol. The van der Waals surface area contributed by atoms with Crippen molar-refractivity contribution < 1.29 is 4.79 Å². The lowest BCUT2D eigenvalue weighted by Gasteiger charge is -2.13. The van der Waals surface area contributed by atoms with Gasteiger partial charge in [0.15, 0.2) is 5.16 Å². The standard InChI is InChI=1S/C22H23N3O2S/c1-2-14-23-20(26)16-28-22-24-19-13-7-6-12-18(19)21(27)25(22)15-8-11-17-9-4-3-5-10-17/h2-7,9-10,12-13H,1,8,11,14-16H2,(H,23,26). The Labute approximate surface area is 168 Å². The second-order valence-electron chi connectivity index (χ2n) is 6.34. The van der Waals surface area contributed by atoms with Crippen LogP contribution in [-0.2, 0) is 17.8 Å². The fraction of sp³-hybridized carbons (Fsp3) is 0.227. The molecule has 0 saturated carbocycles. The van der Waals surface area contributed by atoms with Crippen LogP contribution < -0.4 is 10.9 Å². The minimum atomic E-state index is -0.108. The zero-order valence-corrected chi connectivity index (χ0v) is 16.5. The van der Waals surface area contributed by atoms with E-state index in [9.17, 15) is 9.59 Å². The molecule has 1 heterocycles. The van der Waals surface area contributed by atoms with Crippen molar-refractivity contribution in [3.05, 3.63) is 83.2 Å². The molecule has 1 N–H and O–H groups in total. The second kappa shape index (κ2) is 9.90. The van der Waals surface area contributed by atoms with Crippen LogP contribution in [-0.4, -0.2) is 27.8 Å². The Morgan fingerprint density at radius 1 is 1.14 bits per heavy atom. The van der Waals surface area contributed by atoms with Crippen molar-refractivity contribution in [3.63, 3.8) is 0 Å². The number of fused-ring (bicyclic) bond motifs is 1. The average molecular weight is 394 g/mol. The molecule has 5 nitrogen and oxygen atoms in total. The van der Waals surface area contributed by atoms with E-state index in [1.807, 2.05) is 36.4 Å². The van der Waals surface area contributed by atoms with E-state index in [0.717, 1.165) is 12.8 Å². The Bertz CT molecular complexity index is 1020. The number of carbonyl (C=O) groups is 1. The van der Waals surface area contributed by atoms with Crippen molar-refractivity contribution >= 4 is 28.6 Å². The number of carbonyl (C=O) groups excluding carboxylic acids is 1. The highest BCUT2D eigenvalue weighted by Crippen LogP contribution is 2.18. The Kier molecular flexibility index (Phi) is 7.03. The van der Waals surface area contributed by atoms with Crippen molar-refractivity contribution in [1.29, 1.82) is 0 Å². The fourth-order valence-corrected chi connectivity index (χ4v) is 3.76. The number of thioether (sulfide) groups is 1. The summed E-state index contributed by atoms with van der Waals surface area (Å²) in [6.45, 7) is 4.57. The van der Waals surface area contributed by atoms with Crippen LogP contribution in [0.4, 0.5) is 0 Å². The molecule has 28 heavy (non-hydrogen) atoms. The van der Waals surface area contributed by atoms with E-state index in [1.165, 1.54) is 17.3 Å². The molecule has 0 radical (unpaired) electrons. The molecular weight excluding hydrogens is 370 g/mol. The summed E-state index contributed by atoms with van der Waals surface area (Å²) < 4.78 is 1.69. The molecule has 0 saturated heterocycles. The number of aryl methyl sites for hydroxylation is 1. The summed E-state index contributed by atoms with van der Waals surface area (Å²) in [5.41, 5.74) is 1.83. The zero-order chi connectivity index (χ0) is 19.8. The Morgan fingerprint density at radius 3 is 2.68 bits per heavy atom. The molecule has 3 rings (SSSR count). The highest BCUT2D eigenvalue weighted by atomic mass is 32.2. The van der Waals surface area contributed by atoms with Gasteiger partial charge in [-0.25, -0.2) is 4.98 Å². The fourth-order valence-electron chi connectivity index (χ4n) is 2.91. The van der Waals surface area contributed by atoms with Crippen molar-refractivity contribution in [1.82, 2.24) is 14.9 Å². The van der Waals surface area contributed by atoms with E-state index < -0.39 is 0 Å². The Balaban J connectivity index is 1.80. The van der Waals surface area contributed by atoms with E-state index in [0.29, 0.717) is 29.1 Å². The molecular formula is C22H23N3O2S. The van der Waals surface area contributed by atoms with Gasteiger partial charge in [0.2, 0.25) is 5.91 Å². The first-order valence-electron chi connectivity index (χ1n) is 9.23. The van der Waals surface area contributed by atoms with Crippen molar-refractivity contribution in [2.45, 2.75) is 24.5 Å². The molecule has 0 aliphatic rings. The lowest BCUT2D eigenvalue weighted by molar-refractivity contribution is -0.118. The van der Waals surface area contributed by atoms with Crippen LogP contribution >= 0.6 is 11.8 Å². The third kappa shape index (κ3) is 5.10. The van der Waals surface area contributed by atoms with Crippen LogP contribution in [0.3, 0.4) is 0 Å². The molecule has 1 aromatic heterocycles.